The molecule has 0 heterocycles. The van der Waals surface area contributed by atoms with E-state index in [2.05, 4.69) is 33.2 Å². The number of hydrogen-bond acceptors (Lipinski definition) is 2. The van der Waals surface area contributed by atoms with Crippen molar-refractivity contribution in [2.75, 3.05) is 0 Å². The monoisotopic (exact) mass is 199 g/mol. The standard InChI is InChI=1S/C12H25NO/c1-10(13-14-12(2,3)4)11-8-6-5-7-9-11/h10-11,13H,5-9H2,1-4H3. The molecule has 2 nitrogen and oxygen atoms in total. The minimum Gasteiger partial charge on any atom is -0.296 e. The first-order valence-electron chi connectivity index (χ1n) is 5.92. The Morgan fingerprint density at radius 1 is 1.14 bits per heavy atom. The maximum absolute atomic E-state index is 5.59. The first-order valence-corrected chi connectivity index (χ1v) is 5.92. The Morgan fingerprint density at radius 2 is 1.71 bits per heavy atom. The van der Waals surface area contributed by atoms with E-state index in [-0.39, 0.29) is 5.60 Å². The first kappa shape index (κ1) is 12.0. The lowest BCUT2D eigenvalue weighted by molar-refractivity contribution is -0.0952. The molecule has 2 heteroatoms. The summed E-state index contributed by atoms with van der Waals surface area (Å²) in [5, 5.41) is 0. The summed E-state index contributed by atoms with van der Waals surface area (Å²) in [7, 11) is 0. The molecule has 0 amide bonds. The highest BCUT2D eigenvalue weighted by atomic mass is 16.7. The van der Waals surface area contributed by atoms with Crippen molar-refractivity contribution in [3.05, 3.63) is 0 Å². The lowest BCUT2D eigenvalue weighted by atomic mass is 9.85. The molecular weight excluding hydrogens is 174 g/mol. The number of nitrogens with one attached hydrogen (secondary N) is 1. The molecule has 0 radical (unpaired) electrons. The van der Waals surface area contributed by atoms with Crippen LogP contribution < -0.4 is 5.48 Å². The van der Waals surface area contributed by atoms with Crippen LogP contribution in [0.25, 0.3) is 0 Å². The summed E-state index contributed by atoms with van der Waals surface area (Å²) in [5.74, 6) is 0.811. The van der Waals surface area contributed by atoms with E-state index >= 15 is 0 Å². The highest BCUT2D eigenvalue weighted by Crippen LogP contribution is 2.26. The first-order chi connectivity index (χ1) is 6.49. The Labute approximate surface area is 88.4 Å². The van der Waals surface area contributed by atoms with Gasteiger partial charge >= 0.3 is 0 Å². The quantitative estimate of drug-likeness (QED) is 0.704. The predicted molar refractivity (Wildman–Crippen MR) is 60.0 cm³/mol. The van der Waals surface area contributed by atoms with Gasteiger partial charge in [-0.1, -0.05) is 19.3 Å². The molecule has 0 bridgehead atoms. The third kappa shape index (κ3) is 4.43. The Kier molecular flexibility index (Phi) is 4.39. The average Bonchev–Trinajstić information content (AvgIpc) is 2.14. The fourth-order valence-corrected chi connectivity index (χ4v) is 2.00. The Balaban J connectivity index is 2.23. The molecule has 0 aliphatic heterocycles. The lowest BCUT2D eigenvalue weighted by Crippen LogP contribution is -2.39. The molecule has 1 unspecified atom stereocenters. The Bertz CT molecular complexity index is 156. The second kappa shape index (κ2) is 5.13. The topological polar surface area (TPSA) is 21.3 Å². The van der Waals surface area contributed by atoms with E-state index in [9.17, 15) is 0 Å². The zero-order valence-electron chi connectivity index (χ0n) is 10.1. The maximum atomic E-state index is 5.59. The van der Waals surface area contributed by atoms with Crippen molar-refractivity contribution in [2.24, 2.45) is 5.92 Å². The fourth-order valence-electron chi connectivity index (χ4n) is 2.00. The van der Waals surface area contributed by atoms with Gasteiger partial charge in [-0.2, -0.15) is 5.48 Å². The van der Waals surface area contributed by atoms with Crippen molar-refractivity contribution in [3.63, 3.8) is 0 Å². The van der Waals surface area contributed by atoms with Crippen molar-refractivity contribution < 1.29 is 4.84 Å². The third-order valence-electron chi connectivity index (χ3n) is 2.91. The van der Waals surface area contributed by atoms with E-state index in [1.807, 2.05) is 0 Å². The predicted octanol–water partition coefficient (Wildman–Crippen LogP) is 3.27. The second-order valence-corrected chi connectivity index (χ2v) is 5.52. The van der Waals surface area contributed by atoms with Crippen LogP contribution in [-0.4, -0.2) is 11.6 Å². The van der Waals surface area contributed by atoms with E-state index in [1.54, 1.807) is 0 Å². The molecule has 0 saturated heterocycles. The molecule has 1 N–H and O–H groups in total. The molecule has 1 aliphatic carbocycles. The van der Waals surface area contributed by atoms with Crippen LogP contribution in [-0.2, 0) is 4.84 Å². The summed E-state index contributed by atoms with van der Waals surface area (Å²) >= 11 is 0. The van der Waals surface area contributed by atoms with Crippen LogP contribution in [0.4, 0.5) is 0 Å². The average molecular weight is 199 g/mol. The van der Waals surface area contributed by atoms with Gasteiger partial charge in [0.05, 0.1) is 5.60 Å². The molecule has 1 saturated carbocycles. The molecule has 0 spiro atoms. The zero-order valence-corrected chi connectivity index (χ0v) is 10.1. The zero-order chi connectivity index (χ0) is 10.6. The molecule has 1 aliphatic rings. The fraction of sp³-hybridized carbons (Fsp3) is 1.00. The smallest absolute Gasteiger partial charge is 0.0813 e. The number of hydrogen-bond donors (Lipinski definition) is 1. The summed E-state index contributed by atoms with van der Waals surface area (Å²) in [6.45, 7) is 8.47. The summed E-state index contributed by atoms with van der Waals surface area (Å²) in [4.78, 5) is 5.59. The van der Waals surface area contributed by atoms with Crippen LogP contribution >= 0.6 is 0 Å². The summed E-state index contributed by atoms with van der Waals surface area (Å²) < 4.78 is 0. The van der Waals surface area contributed by atoms with E-state index in [1.165, 1.54) is 32.1 Å². The normalized spacial score (nSPS) is 22.3. The van der Waals surface area contributed by atoms with Gasteiger partial charge in [0, 0.05) is 6.04 Å². The molecular formula is C12H25NO. The molecule has 0 aromatic rings. The van der Waals surface area contributed by atoms with E-state index < -0.39 is 0 Å². The number of rotatable bonds is 3. The van der Waals surface area contributed by atoms with Crippen molar-refractivity contribution in [1.82, 2.24) is 5.48 Å². The van der Waals surface area contributed by atoms with Crippen LogP contribution in [0.2, 0.25) is 0 Å². The van der Waals surface area contributed by atoms with Crippen molar-refractivity contribution >= 4 is 0 Å². The minimum absolute atomic E-state index is 0.0804. The molecule has 0 aromatic heterocycles. The van der Waals surface area contributed by atoms with E-state index in [0.29, 0.717) is 6.04 Å². The maximum Gasteiger partial charge on any atom is 0.0813 e. The van der Waals surface area contributed by atoms with Gasteiger partial charge in [-0.05, 0) is 46.5 Å². The third-order valence-corrected chi connectivity index (χ3v) is 2.91. The molecule has 1 atom stereocenters. The van der Waals surface area contributed by atoms with Gasteiger partial charge in [-0.3, -0.25) is 4.84 Å². The van der Waals surface area contributed by atoms with Gasteiger partial charge < -0.3 is 0 Å². The van der Waals surface area contributed by atoms with Gasteiger partial charge in [0.25, 0.3) is 0 Å². The Hall–Kier alpha value is -0.0800. The van der Waals surface area contributed by atoms with Crippen LogP contribution in [0.5, 0.6) is 0 Å². The number of hydroxylamine groups is 1. The van der Waals surface area contributed by atoms with Gasteiger partial charge in [0.15, 0.2) is 0 Å². The van der Waals surface area contributed by atoms with E-state index in [4.69, 9.17) is 4.84 Å². The van der Waals surface area contributed by atoms with Crippen LogP contribution in [0, 0.1) is 5.92 Å². The SMILES string of the molecule is CC(NOC(C)(C)C)C1CCCCC1. The van der Waals surface area contributed by atoms with Gasteiger partial charge in [-0.25, -0.2) is 0 Å². The lowest BCUT2D eigenvalue weighted by Gasteiger charge is -2.30. The van der Waals surface area contributed by atoms with Crippen LogP contribution in [0.3, 0.4) is 0 Å². The molecule has 1 fully saturated rings. The van der Waals surface area contributed by atoms with Crippen LogP contribution in [0.1, 0.15) is 59.8 Å². The highest BCUT2D eigenvalue weighted by molar-refractivity contribution is 4.74. The summed E-state index contributed by atoms with van der Waals surface area (Å²) in [6.07, 6.45) is 6.94. The highest BCUT2D eigenvalue weighted by Gasteiger charge is 2.21. The van der Waals surface area contributed by atoms with E-state index in [0.717, 1.165) is 5.92 Å². The minimum atomic E-state index is -0.0804. The summed E-state index contributed by atoms with van der Waals surface area (Å²) in [5.41, 5.74) is 3.11. The van der Waals surface area contributed by atoms with Crippen molar-refractivity contribution in [2.45, 2.75) is 71.4 Å². The van der Waals surface area contributed by atoms with Gasteiger partial charge in [0.2, 0.25) is 0 Å². The van der Waals surface area contributed by atoms with Crippen molar-refractivity contribution in [1.29, 1.82) is 0 Å². The van der Waals surface area contributed by atoms with Gasteiger partial charge in [0.1, 0.15) is 0 Å². The molecule has 0 aromatic carbocycles. The Morgan fingerprint density at radius 3 is 2.21 bits per heavy atom. The second-order valence-electron chi connectivity index (χ2n) is 5.52. The molecule has 14 heavy (non-hydrogen) atoms. The summed E-state index contributed by atoms with van der Waals surface area (Å²) in [6, 6.07) is 0.495. The molecule has 84 valence electrons. The van der Waals surface area contributed by atoms with Crippen molar-refractivity contribution in [3.8, 4) is 0 Å². The van der Waals surface area contributed by atoms with Gasteiger partial charge in [-0.15, -0.1) is 0 Å². The molecule has 1 rings (SSSR count). The largest absolute Gasteiger partial charge is 0.296 e. The van der Waals surface area contributed by atoms with Crippen LogP contribution in [0.15, 0.2) is 0 Å².